The van der Waals surface area contributed by atoms with Gasteiger partial charge in [-0.25, -0.2) is 4.39 Å². The van der Waals surface area contributed by atoms with E-state index in [1.807, 2.05) is 0 Å². The molecule has 0 saturated heterocycles. The first-order chi connectivity index (χ1) is 10.9. The average molecular weight is 355 g/mol. The molecule has 0 spiro atoms. The predicted octanol–water partition coefficient (Wildman–Crippen LogP) is 4.51. The second-order valence-corrected chi connectivity index (χ2v) is 6.48. The predicted molar refractivity (Wildman–Crippen MR) is 88.5 cm³/mol. The minimum atomic E-state index is -0.613. The SMILES string of the molecule is C[C@@H](Sc1ccc([N+](=O)[O-])cc1)C(=O)Nc1ccc(Cl)cc1F. The molecule has 0 aliphatic heterocycles. The molecule has 2 rings (SSSR count). The van der Waals surface area contributed by atoms with Gasteiger partial charge in [0.05, 0.1) is 15.9 Å². The molecule has 120 valence electrons. The molecule has 0 heterocycles. The Morgan fingerprint density at radius 2 is 1.96 bits per heavy atom. The Morgan fingerprint density at radius 1 is 1.30 bits per heavy atom. The van der Waals surface area contributed by atoms with Crippen LogP contribution in [0.3, 0.4) is 0 Å². The van der Waals surface area contributed by atoms with Crippen LogP contribution in [-0.2, 0) is 4.79 Å². The lowest BCUT2D eigenvalue weighted by atomic mass is 10.3. The highest BCUT2D eigenvalue weighted by atomic mass is 35.5. The molecule has 1 amide bonds. The Bertz CT molecular complexity index is 740. The Kier molecular flexibility index (Phi) is 5.57. The van der Waals surface area contributed by atoms with Crippen molar-refractivity contribution in [3.63, 3.8) is 0 Å². The maximum atomic E-state index is 13.7. The number of non-ortho nitro benzene ring substituents is 1. The van der Waals surface area contributed by atoms with Gasteiger partial charge in [0.15, 0.2) is 0 Å². The van der Waals surface area contributed by atoms with Crippen LogP contribution in [0.15, 0.2) is 47.4 Å². The van der Waals surface area contributed by atoms with Crippen LogP contribution in [0.2, 0.25) is 5.02 Å². The third-order valence-corrected chi connectivity index (χ3v) is 4.27. The van der Waals surface area contributed by atoms with Gasteiger partial charge >= 0.3 is 0 Å². The summed E-state index contributed by atoms with van der Waals surface area (Å²) >= 11 is 6.87. The van der Waals surface area contributed by atoms with Crippen molar-refractivity contribution in [2.45, 2.75) is 17.1 Å². The highest BCUT2D eigenvalue weighted by molar-refractivity contribution is 8.00. The lowest BCUT2D eigenvalue weighted by molar-refractivity contribution is -0.384. The molecule has 2 aromatic carbocycles. The van der Waals surface area contributed by atoms with Crippen molar-refractivity contribution < 1.29 is 14.1 Å². The van der Waals surface area contributed by atoms with E-state index in [-0.39, 0.29) is 22.3 Å². The average Bonchev–Trinajstić information content (AvgIpc) is 2.50. The minimum Gasteiger partial charge on any atom is -0.323 e. The number of nitrogens with zero attached hydrogens (tertiary/aromatic N) is 1. The van der Waals surface area contributed by atoms with E-state index in [2.05, 4.69) is 5.32 Å². The molecule has 23 heavy (non-hydrogen) atoms. The van der Waals surface area contributed by atoms with Gasteiger partial charge in [-0.05, 0) is 37.3 Å². The zero-order valence-corrected chi connectivity index (χ0v) is 13.5. The highest BCUT2D eigenvalue weighted by Gasteiger charge is 2.17. The normalized spacial score (nSPS) is 11.8. The van der Waals surface area contributed by atoms with Gasteiger partial charge in [0.1, 0.15) is 5.82 Å². The maximum Gasteiger partial charge on any atom is 0.269 e. The number of thioether (sulfide) groups is 1. The molecule has 0 unspecified atom stereocenters. The number of carbonyl (C=O) groups is 1. The number of carbonyl (C=O) groups excluding carboxylic acids is 1. The van der Waals surface area contributed by atoms with Crippen molar-refractivity contribution in [2.75, 3.05) is 5.32 Å². The number of halogens is 2. The van der Waals surface area contributed by atoms with Crippen LogP contribution in [-0.4, -0.2) is 16.1 Å². The van der Waals surface area contributed by atoms with Crippen LogP contribution in [0, 0.1) is 15.9 Å². The van der Waals surface area contributed by atoms with Gasteiger partial charge in [-0.15, -0.1) is 11.8 Å². The number of amides is 1. The summed E-state index contributed by atoms with van der Waals surface area (Å²) in [6.07, 6.45) is 0. The molecule has 1 atom stereocenters. The summed E-state index contributed by atoms with van der Waals surface area (Å²) < 4.78 is 13.7. The van der Waals surface area contributed by atoms with Gasteiger partial charge in [-0.2, -0.15) is 0 Å². The summed E-state index contributed by atoms with van der Waals surface area (Å²) in [5, 5.41) is 12.8. The van der Waals surface area contributed by atoms with Gasteiger partial charge in [0.2, 0.25) is 5.91 Å². The summed E-state index contributed by atoms with van der Waals surface area (Å²) in [6.45, 7) is 1.66. The maximum absolute atomic E-state index is 13.7. The summed E-state index contributed by atoms with van der Waals surface area (Å²) in [6, 6.07) is 9.85. The van der Waals surface area contributed by atoms with Crippen molar-refractivity contribution in [1.29, 1.82) is 0 Å². The molecule has 8 heteroatoms. The Morgan fingerprint density at radius 3 is 2.52 bits per heavy atom. The first-order valence-corrected chi connectivity index (χ1v) is 7.79. The van der Waals surface area contributed by atoms with Crippen molar-refractivity contribution in [1.82, 2.24) is 0 Å². The fourth-order valence-corrected chi connectivity index (χ4v) is 2.76. The number of nitro benzene ring substituents is 1. The summed E-state index contributed by atoms with van der Waals surface area (Å²) in [5.41, 5.74) is 0.0326. The highest BCUT2D eigenvalue weighted by Crippen LogP contribution is 2.27. The molecular formula is C15H12ClFN2O3S. The van der Waals surface area contributed by atoms with E-state index in [9.17, 15) is 19.3 Å². The van der Waals surface area contributed by atoms with E-state index in [0.29, 0.717) is 4.90 Å². The molecule has 2 aromatic rings. The molecule has 0 aliphatic rings. The van der Waals surface area contributed by atoms with E-state index in [0.717, 1.165) is 6.07 Å². The minimum absolute atomic E-state index is 0.0188. The molecule has 0 fully saturated rings. The number of nitro groups is 1. The smallest absolute Gasteiger partial charge is 0.269 e. The topological polar surface area (TPSA) is 72.2 Å². The van der Waals surface area contributed by atoms with Crippen LogP contribution in [0.1, 0.15) is 6.92 Å². The van der Waals surface area contributed by atoms with Crippen molar-refractivity contribution >= 4 is 40.6 Å². The number of benzene rings is 2. The zero-order valence-electron chi connectivity index (χ0n) is 12.0. The van der Waals surface area contributed by atoms with E-state index < -0.39 is 16.0 Å². The van der Waals surface area contributed by atoms with Crippen LogP contribution >= 0.6 is 23.4 Å². The molecule has 0 radical (unpaired) electrons. The van der Waals surface area contributed by atoms with Gasteiger partial charge in [-0.1, -0.05) is 11.6 Å². The summed E-state index contributed by atoms with van der Waals surface area (Å²) in [7, 11) is 0. The number of rotatable bonds is 5. The van der Waals surface area contributed by atoms with Crippen molar-refractivity contribution in [3.8, 4) is 0 Å². The summed E-state index contributed by atoms with van der Waals surface area (Å²) in [5.74, 6) is -0.993. The Hall–Kier alpha value is -2.12. The molecule has 5 nitrogen and oxygen atoms in total. The zero-order chi connectivity index (χ0) is 17.0. The fourth-order valence-electron chi connectivity index (χ4n) is 1.73. The standard InChI is InChI=1S/C15H12ClFN2O3S/c1-9(23-12-5-3-11(4-6-12)19(21)22)15(20)18-14-7-2-10(16)8-13(14)17/h2-9H,1H3,(H,18,20)/t9-/m1/s1. The Balaban J connectivity index is 2.00. The third-order valence-electron chi connectivity index (χ3n) is 2.92. The molecule has 0 aromatic heterocycles. The van der Waals surface area contributed by atoms with E-state index >= 15 is 0 Å². The van der Waals surface area contributed by atoms with Crippen molar-refractivity contribution in [2.24, 2.45) is 0 Å². The number of nitrogens with one attached hydrogen (secondary N) is 1. The van der Waals surface area contributed by atoms with Crippen LogP contribution in [0.4, 0.5) is 15.8 Å². The molecule has 0 aliphatic carbocycles. The van der Waals surface area contributed by atoms with Crippen LogP contribution in [0.25, 0.3) is 0 Å². The lowest BCUT2D eigenvalue weighted by Crippen LogP contribution is -2.22. The molecular weight excluding hydrogens is 343 g/mol. The number of hydrogen-bond donors (Lipinski definition) is 1. The fraction of sp³-hybridized carbons (Fsp3) is 0.133. The number of anilines is 1. The van der Waals surface area contributed by atoms with Crippen LogP contribution in [0.5, 0.6) is 0 Å². The monoisotopic (exact) mass is 354 g/mol. The Labute approximate surface area is 141 Å². The first kappa shape index (κ1) is 17.2. The molecule has 0 bridgehead atoms. The van der Waals surface area contributed by atoms with Gasteiger partial charge in [0, 0.05) is 22.1 Å². The largest absolute Gasteiger partial charge is 0.323 e. The second kappa shape index (κ2) is 7.43. The van der Waals surface area contributed by atoms with Crippen molar-refractivity contribution in [3.05, 3.63) is 63.4 Å². The number of hydrogen-bond acceptors (Lipinski definition) is 4. The quantitative estimate of drug-likeness (QED) is 0.487. The van der Waals surface area contributed by atoms with Crippen LogP contribution < -0.4 is 5.32 Å². The second-order valence-electron chi connectivity index (χ2n) is 4.62. The molecule has 0 saturated carbocycles. The van der Waals surface area contributed by atoms with Gasteiger partial charge in [0.25, 0.3) is 5.69 Å². The van der Waals surface area contributed by atoms with Gasteiger partial charge < -0.3 is 5.32 Å². The third kappa shape index (κ3) is 4.67. The van der Waals surface area contributed by atoms with E-state index in [1.165, 1.54) is 36.0 Å². The molecule has 1 N–H and O–H groups in total. The summed E-state index contributed by atoms with van der Waals surface area (Å²) in [4.78, 5) is 22.9. The van der Waals surface area contributed by atoms with Gasteiger partial charge in [-0.3, -0.25) is 14.9 Å². The van der Waals surface area contributed by atoms with E-state index in [1.54, 1.807) is 19.1 Å². The lowest BCUT2D eigenvalue weighted by Gasteiger charge is -2.12. The van der Waals surface area contributed by atoms with E-state index in [4.69, 9.17) is 11.6 Å². The first-order valence-electron chi connectivity index (χ1n) is 6.54.